The third kappa shape index (κ3) is 2.83. The number of para-hydroxylation sites is 1. The minimum absolute atomic E-state index is 0.188. The number of aromatic nitrogens is 1. The molecule has 1 aromatic heterocycles. The van der Waals surface area contributed by atoms with E-state index in [1.807, 2.05) is 29.8 Å². The van der Waals surface area contributed by atoms with E-state index in [1.54, 1.807) is 12.1 Å². The van der Waals surface area contributed by atoms with Gasteiger partial charge in [0.15, 0.2) is 0 Å². The van der Waals surface area contributed by atoms with Crippen molar-refractivity contribution in [2.24, 2.45) is 7.05 Å². The van der Waals surface area contributed by atoms with Crippen LogP contribution in [0.4, 0.5) is 10.1 Å². The average Bonchev–Trinajstić information content (AvgIpc) is 3.13. The van der Waals surface area contributed by atoms with Crippen LogP contribution in [0.15, 0.2) is 42.6 Å². The molecule has 0 spiro atoms. The van der Waals surface area contributed by atoms with Crippen molar-refractivity contribution >= 4 is 26.6 Å². The van der Waals surface area contributed by atoms with Gasteiger partial charge in [0.05, 0.1) is 17.5 Å². The number of fused-ring (bicyclic) bond motifs is 2. The monoisotopic (exact) mass is 386 g/mol. The predicted molar refractivity (Wildman–Crippen MR) is 107 cm³/mol. The highest BCUT2D eigenvalue weighted by molar-refractivity contribution is 7.92. The molecule has 1 unspecified atom stereocenters. The first-order valence-electron chi connectivity index (χ1n) is 9.10. The number of sulfonamides is 1. The minimum Gasteiger partial charge on any atom is -0.349 e. The molecule has 1 atom stereocenters. The fourth-order valence-corrected chi connectivity index (χ4v) is 5.25. The number of halogens is 1. The number of rotatable bonds is 4. The van der Waals surface area contributed by atoms with Gasteiger partial charge in [-0.05, 0) is 54.2 Å². The summed E-state index contributed by atoms with van der Waals surface area (Å²) in [6.45, 7) is 2.16. The van der Waals surface area contributed by atoms with Crippen LogP contribution in [0.5, 0.6) is 0 Å². The lowest BCUT2D eigenvalue weighted by molar-refractivity contribution is 0.495. The van der Waals surface area contributed by atoms with E-state index in [9.17, 15) is 12.8 Å². The third-order valence-corrected chi connectivity index (χ3v) is 6.41. The molecule has 6 heteroatoms. The van der Waals surface area contributed by atoms with Gasteiger partial charge in [-0.25, -0.2) is 12.8 Å². The van der Waals surface area contributed by atoms with Crippen LogP contribution < -0.4 is 4.72 Å². The van der Waals surface area contributed by atoms with Crippen LogP contribution >= 0.6 is 0 Å². The minimum atomic E-state index is -3.37. The Morgan fingerprint density at radius 1 is 1.22 bits per heavy atom. The van der Waals surface area contributed by atoms with Crippen molar-refractivity contribution < 1.29 is 12.8 Å². The van der Waals surface area contributed by atoms with Crippen molar-refractivity contribution in [2.45, 2.75) is 31.6 Å². The van der Waals surface area contributed by atoms with Crippen LogP contribution in [0, 0.1) is 5.82 Å². The molecule has 0 saturated carbocycles. The van der Waals surface area contributed by atoms with Crippen LogP contribution in [0.2, 0.25) is 0 Å². The summed E-state index contributed by atoms with van der Waals surface area (Å²) >= 11 is 0. The smallest absolute Gasteiger partial charge is 0.229 e. The van der Waals surface area contributed by atoms with Gasteiger partial charge >= 0.3 is 0 Å². The second-order valence-electron chi connectivity index (χ2n) is 7.47. The topological polar surface area (TPSA) is 51.1 Å². The van der Waals surface area contributed by atoms with Gasteiger partial charge in [0, 0.05) is 24.0 Å². The third-order valence-electron chi connectivity index (χ3n) is 5.82. The summed E-state index contributed by atoms with van der Waals surface area (Å²) in [5.41, 5.74) is 4.67. The fourth-order valence-electron chi connectivity index (χ4n) is 4.69. The van der Waals surface area contributed by atoms with E-state index in [2.05, 4.69) is 17.8 Å². The van der Waals surface area contributed by atoms with E-state index in [0.29, 0.717) is 5.69 Å². The molecular weight excluding hydrogens is 363 g/mol. The first-order valence-corrected chi connectivity index (χ1v) is 11.0. The zero-order valence-corrected chi connectivity index (χ0v) is 16.5. The molecule has 0 radical (unpaired) electrons. The van der Waals surface area contributed by atoms with Crippen molar-refractivity contribution in [1.29, 1.82) is 0 Å². The Balaban J connectivity index is 1.97. The lowest BCUT2D eigenvalue weighted by atomic mass is 9.73. The molecule has 27 heavy (non-hydrogen) atoms. The van der Waals surface area contributed by atoms with E-state index < -0.39 is 10.0 Å². The van der Waals surface area contributed by atoms with Gasteiger partial charge in [-0.3, -0.25) is 4.72 Å². The predicted octanol–water partition coefficient (Wildman–Crippen LogP) is 4.33. The molecule has 3 aromatic rings. The summed E-state index contributed by atoms with van der Waals surface area (Å²) in [5, 5.41) is 1.03. The molecule has 0 fully saturated rings. The standard InChI is InChI=1S/C21H23FN2O2S/c1-4-21(11-10-14-12-15(22)8-9-17(14)21)18-13-24(2)20-16(18)6-5-7-19(20)23-27(3,25)26/h5-9,12-13,23H,4,10-11H2,1-3H3. The van der Waals surface area contributed by atoms with Crippen molar-refractivity contribution in [1.82, 2.24) is 4.57 Å². The Morgan fingerprint density at radius 2 is 2.00 bits per heavy atom. The van der Waals surface area contributed by atoms with Gasteiger partial charge in [-0.1, -0.05) is 25.1 Å². The van der Waals surface area contributed by atoms with E-state index in [0.717, 1.165) is 42.0 Å². The molecule has 1 heterocycles. The Morgan fingerprint density at radius 3 is 2.70 bits per heavy atom. The van der Waals surface area contributed by atoms with Crippen LogP contribution in [0.1, 0.15) is 36.5 Å². The molecule has 0 amide bonds. The molecule has 4 rings (SSSR count). The summed E-state index contributed by atoms with van der Waals surface area (Å²) in [6, 6.07) is 10.8. The molecule has 4 nitrogen and oxygen atoms in total. The lowest BCUT2D eigenvalue weighted by Crippen LogP contribution is -2.23. The number of anilines is 1. The molecule has 0 aliphatic heterocycles. The number of hydrogen-bond acceptors (Lipinski definition) is 2. The van der Waals surface area contributed by atoms with Gasteiger partial charge in [0.2, 0.25) is 10.0 Å². The molecule has 0 bridgehead atoms. The maximum absolute atomic E-state index is 13.7. The van der Waals surface area contributed by atoms with Crippen molar-refractivity contribution in [3.63, 3.8) is 0 Å². The molecule has 2 aromatic carbocycles. The molecule has 1 aliphatic rings. The molecule has 142 valence electrons. The van der Waals surface area contributed by atoms with Crippen LogP contribution in [0.3, 0.4) is 0 Å². The Kier molecular flexibility index (Phi) is 4.07. The Hall–Kier alpha value is -2.34. The maximum Gasteiger partial charge on any atom is 0.229 e. The summed E-state index contributed by atoms with van der Waals surface area (Å²) in [7, 11) is -1.44. The average molecular weight is 386 g/mol. The largest absolute Gasteiger partial charge is 0.349 e. The van der Waals surface area contributed by atoms with Crippen LogP contribution in [0.25, 0.3) is 10.9 Å². The second-order valence-corrected chi connectivity index (χ2v) is 9.22. The summed E-state index contributed by atoms with van der Waals surface area (Å²) in [4.78, 5) is 0. The van der Waals surface area contributed by atoms with E-state index in [4.69, 9.17) is 0 Å². The van der Waals surface area contributed by atoms with Gasteiger partial charge in [0.1, 0.15) is 5.82 Å². The highest BCUT2D eigenvalue weighted by Gasteiger charge is 2.40. The van der Waals surface area contributed by atoms with Crippen molar-refractivity contribution in [3.05, 3.63) is 65.1 Å². The van der Waals surface area contributed by atoms with Crippen LogP contribution in [-0.4, -0.2) is 19.2 Å². The Bertz CT molecular complexity index is 1150. The highest BCUT2D eigenvalue weighted by atomic mass is 32.2. The number of hydrogen-bond donors (Lipinski definition) is 1. The van der Waals surface area contributed by atoms with E-state index >= 15 is 0 Å². The van der Waals surface area contributed by atoms with Gasteiger partial charge < -0.3 is 4.57 Å². The second kappa shape index (κ2) is 6.09. The first-order chi connectivity index (χ1) is 12.7. The first kappa shape index (κ1) is 18.0. The lowest BCUT2D eigenvalue weighted by Gasteiger charge is -2.29. The number of nitrogens with one attached hydrogen (secondary N) is 1. The van der Waals surface area contributed by atoms with E-state index in [-0.39, 0.29) is 11.2 Å². The zero-order valence-electron chi connectivity index (χ0n) is 15.7. The molecule has 1 N–H and O–H groups in total. The fraction of sp³-hybridized carbons (Fsp3) is 0.333. The maximum atomic E-state index is 13.7. The van der Waals surface area contributed by atoms with E-state index in [1.165, 1.54) is 17.2 Å². The number of aryl methyl sites for hydroxylation is 2. The highest BCUT2D eigenvalue weighted by Crippen LogP contribution is 2.49. The van der Waals surface area contributed by atoms with Crippen molar-refractivity contribution in [3.8, 4) is 0 Å². The number of benzene rings is 2. The Labute approximate surface area is 159 Å². The number of nitrogens with zero attached hydrogens (tertiary/aromatic N) is 1. The molecule has 0 saturated heterocycles. The van der Waals surface area contributed by atoms with Gasteiger partial charge in [-0.2, -0.15) is 0 Å². The summed E-state index contributed by atoms with van der Waals surface area (Å²) < 4.78 is 41.9. The zero-order chi connectivity index (χ0) is 19.4. The van der Waals surface area contributed by atoms with Crippen LogP contribution in [-0.2, 0) is 28.9 Å². The molecular formula is C21H23FN2O2S. The quantitative estimate of drug-likeness (QED) is 0.726. The normalized spacial score (nSPS) is 19.4. The summed E-state index contributed by atoms with van der Waals surface area (Å²) in [5.74, 6) is -0.196. The van der Waals surface area contributed by atoms with Gasteiger partial charge in [-0.15, -0.1) is 0 Å². The van der Waals surface area contributed by atoms with Crippen molar-refractivity contribution in [2.75, 3.05) is 11.0 Å². The molecule has 1 aliphatic carbocycles. The SMILES string of the molecule is CCC1(c2cn(C)c3c(NS(C)(=O)=O)cccc23)CCc2cc(F)ccc21. The summed E-state index contributed by atoms with van der Waals surface area (Å²) in [6.07, 6.45) is 5.92. The van der Waals surface area contributed by atoms with Gasteiger partial charge in [0.25, 0.3) is 0 Å².